The highest BCUT2D eigenvalue weighted by atomic mass is 16.6. The molecule has 32 heavy (non-hydrogen) atoms. The summed E-state index contributed by atoms with van der Waals surface area (Å²) in [6.07, 6.45) is 0.261. The van der Waals surface area contributed by atoms with Gasteiger partial charge in [0, 0.05) is 26.5 Å². The second-order valence-electron chi connectivity index (χ2n) is 7.40. The van der Waals surface area contributed by atoms with E-state index in [2.05, 4.69) is 12.1 Å². The van der Waals surface area contributed by atoms with Crippen LogP contribution in [0.5, 0.6) is 11.5 Å². The summed E-state index contributed by atoms with van der Waals surface area (Å²) in [5.41, 5.74) is 1.23. The number of esters is 1. The predicted molar refractivity (Wildman–Crippen MR) is 123 cm³/mol. The minimum Gasteiger partial charge on any atom is -0.491 e. The summed E-state index contributed by atoms with van der Waals surface area (Å²) in [6.45, 7) is 2.68. The van der Waals surface area contributed by atoms with Gasteiger partial charge in [0.2, 0.25) is 0 Å². The Morgan fingerprint density at radius 1 is 0.875 bits per heavy atom. The van der Waals surface area contributed by atoms with Crippen LogP contribution in [0.25, 0.3) is 10.8 Å². The number of benzene rings is 3. The van der Waals surface area contributed by atoms with E-state index in [1.54, 1.807) is 20.3 Å². The summed E-state index contributed by atoms with van der Waals surface area (Å²) in [6, 6.07) is 21.4. The van der Waals surface area contributed by atoms with Crippen LogP contribution in [0.1, 0.15) is 12.5 Å². The second-order valence-corrected chi connectivity index (χ2v) is 7.40. The van der Waals surface area contributed by atoms with Crippen molar-refractivity contribution in [3.8, 4) is 11.5 Å². The number of hydrogen-bond donors (Lipinski definition) is 0. The monoisotopic (exact) mass is 438 g/mol. The van der Waals surface area contributed by atoms with Crippen LogP contribution in [0.4, 0.5) is 0 Å². The Hall–Kier alpha value is -2.93. The van der Waals surface area contributed by atoms with Gasteiger partial charge in [-0.2, -0.15) is 0 Å². The SMILES string of the molecule is COC(COCCc1ccccc1)C(COc1ccc2cccc(OC(C)=O)c2c1)OC. The van der Waals surface area contributed by atoms with Crippen molar-refractivity contribution in [2.75, 3.05) is 34.0 Å². The Labute approximate surface area is 189 Å². The number of carbonyl (C=O) groups is 1. The molecule has 3 aromatic rings. The second kappa shape index (κ2) is 12.2. The molecule has 0 saturated carbocycles. The average Bonchev–Trinajstić information content (AvgIpc) is 2.81. The van der Waals surface area contributed by atoms with Crippen LogP contribution in [-0.2, 0) is 25.4 Å². The van der Waals surface area contributed by atoms with E-state index in [0.29, 0.717) is 24.7 Å². The molecule has 3 aromatic carbocycles. The van der Waals surface area contributed by atoms with E-state index >= 15 is 0 Å². The highest BCUT2D eigenvalue weighted by Crippen LogP contribution is 2.29. The van der Waals surface area contributed by atoms with Crippen molar-refractivity contribution >= 4 is 16.7 Å². The largest absolute Gasteiger partial charge is 0.491 e. The Bertz CT molecular complexity index is 988. The van der Waals surface area contributed by atoms with Gasteiger partial charge in [-0.1, -0.05) is 48.5 Å². The molecule has 0 spiro atoms. The van der Waals surface area contributed by atoms with E-state index in [-0.39, 0.29) is 24.8 Å². The normalized spacial score (nSPS) is 13.0. The molecule has 6 heteroatoms. The lowest BCUT2D eigenvalue weighted by Gasteiger charge is -2.25. The molecular weight excluding hydrogens is 408 g/mol. The predicted octanol–water partition coefficient (Wildman–Crippen LogP) is 4.43. The molecule has 0 heterocycles. The Morgan fingerprint density at radius 3 is 2.34 bits per heavy atom. The first-order valence-electron chi connectivity index (χ1n) is 10.6. The third kappa shape index (κ3) is 6.79. The fraction of sp³-hybridized carbons (Fsp3) is 0.346. The summed E-state index contributed by atoms with van der Waals surface area (Å²) in [7, 11) is 3.27. The number of rotatable bonds is 12. The number of ether oxygens (including phenoxy) is 5. The molecule has 0 aliphatic rings. The van der Waals surface area contributed by atoms with Crippen LogP contribution in [0, 0.1) is 0 Å². The molecule has 170 valence electrons. The van der Waals surface area contributed by atoms with Crippen LogP contribution >= 0.6 is 0 Å². The van der Waals surface area contributed by atoms with Crippen molar-refractivity contribution in [3.63, 3.8) is 0 Å². The lowest BCUT2D eigenvalue weighted by molar-refractivity contribution is -0.131. The van der Waals surface area contributed by atoms with Gasteiger partial charge in [-0.3, -0.25) is 4.79 Å². The maximum atomic E-state index is 11.4. The van der Waals surface area contributed by atoms with E-state index in [4.69, 9.17) is 23.7 Å². The molecule has 0 aromatic heterocycles. The number of hydrogen-bond acceptors (Lipinski definition) is 6. The zero-order chi connectivity index (χ0) is 22.8. The topological polar surface area (TPSA) is 63.2 Å². The quantitative estimate of drug-likeness (QED) is 0.237. The van der Waals surface area contributed by atoms with Crippen LogP contribution < -0.4 is 9.47 Å². The Kier molecular flexibility index (Phi) is 9.04. The first-order chi connectivity index (χ1) is 15.6. The number of carbonyl (C=O) groups excluding carboxylic acids is 1. The van der Waals surface area contributed by atoms with E-state index in [0.717, 1.165) is 17.2 Å². The van der Waals surface area contributed by atoms with E-state index < -0.39 is 0 Å². The van der Waals surface area contributed by atoms with Gasteiger partial charge in [-0.25, -0.2) is 0 Å². The maximum absolute atomic E-state index is 11.4. The minimum absolute atomic E-state index is 0.271. The van der Waals surface area contributed by atoms with Gasteiger partial charge in [0.15, 0.2) is 0 Å². The van der Waals surface area contributed by atoms with Gasteiger partial charge in [0.1, 0.15) is 30.3 Å². The zero-order valence-corrected chi connectivity index (χ0v) is 18.8. The molecule has 2 atom stereocenters. The lowest BCUT2D eigenvalue weighted by Crippen LogP contribution is -2.38. The van der Waals surface area contributed by atoms with Gasteiger partial charge in [0.25, 0.3) is 0 Å². The average molecular weight is 439 g/mol. The molecule has 0 saturated heterocycles. The standard InChI is InChI=1S/C26H30O6/c1-19(27)32-24-11-7-10-21-12-13-22(16-23(21)24)31-18-26(29-3)25(28-2)17-30-15-14-20-8-5-4-6-9-20/h4-13,16,25-26H,14-15,17-18H2,1-3H3. The minimum atomic E-state index is -0.363. The highest BCUT2D eigenvalue weighted by Gasteiger charge is 2.22. The van der Waals surface area contributed by atoms with E-state index in [1.165, 1.54) is 12.5 Å². The summed E-state index contributed by atoms with van der Waals surface area (Å²) in [4.78, 5) is 11.4. The van der Waals surface area contributed by atoms with Crippen LogP contribution in [-0.4, -0.2) is 52.2 Å². The molecular formula is C26H30O6. The van der Waals surface area contributed by atoms with Crippen LogP contribution in [0.2, 0.25) is 0 Å². The van der Waals surface area contributed by atoms with Crippen LogP contribution in [0.3, 0.4) is 0 Å². The molecule has 2 unspecified atom stereocenters. The molecule has 6 nitrogen and oxygen atoms in total. The van der Waals surface area contributed by atoms with Crippen molar-refractivity contribution in [1.82, 2.24) is 0 Å². The molecule has 0 aliphatic carbocycles. The van der Waals surface area contributed by atoms with Crippen molar-refractivity contribution in [1.29, 1.82) is 0 Å². The molecule has 0 N–H and O–H groups in total. The Morgan fingerprint density at radius 2 is 1.62 bits per heavy atom. The van der Waals surface area contributed by atoms with Gasteiger partial charge in [-0.05, 0) is 35.6 Å². The van der Waals surface area contributed by atoms with Crippen molar-refractivity contribution < 1.29 is 28.5 Å². The summed E-state index contributed by atoms with van der Waals surface area (Å²) < 4.78 is 28.3. The van der Waals surface area contributed by atoms with Gasteiger partial charge < -0.3 is 23.7 Å². The fourth-order valence-corrected chi connectivity index (χ4v) is 3.42. The summed E-state index contributed by atoms with van der Waals surface area (Å²) >= 11 is 0. The highest BCUT2D eigenvalue weighted by molar-refractivity contribution is 5.91. The molecule has 3 rings (SSSR count). The van der Waals surface area contributed by atoms with Gasteiger partial charge >= 0.3 is 5.97 Å². The van der Waals surface area contributed by atoms with E-state index in [9.17, 15) is 4.79 Å². The lowest BCUT2D eigenvalue weighted by atomic mass is 10.1. The zero-order valence-electron chi connectivity index (χ0n) is 18.8. The third-order valence-electron chi connectivity index (χ3n) is 5.16. The van der Waals surface area contributed by atoms with Crippen LogP contribution in [0.15, 0.2) is 66.7 Å². The smallest absolute Gasteiger partial charge is 0.308 e. The number of methoxy groups -OCH3 is 2. The van der Waals surface area contributed by atoms with Crippen molar-refractivity contribution in [2.45, 2.75) is 25.6 Å². The van der Waals surface area contributed by atoms with Crippen molar-refractivity contribution in [3.05, 3.63) is 72.3 Å². The maximum Gasteiger partial charge on any atom is 0.308 e. The molecule has 0 bridgehead atoms. The first-order valence-corrected chi connectivity index (χ1v) is 10.6. The Balaban J connectivity index is 1.56. The summed E-state index contributed by atoms with van der Waals surface area (Å²) in [5, 5.41) is 1.77. The third-order valence-corrected chi connectivity index (χ3v) is 5.16. The summed E-state index contributed by atoms with van der Waals surface area (Å²) in [5.74, 6) is 0.794. The first kappa shape index (κ1) is 23.7. The number of fused-ring (bicyclic) bond motifs is 1. The molecule has 0 aliphatic heterocycles. The van der Waals surface area contributed by atoms with Crippen molar-refractivity contribution in [2.24, 2.45) is 0 Å². The molecule has 0 radical (unpaired) electrons. The van der Waals surface area contributed by atoms with E-state index in [1.807, 2.05) is 48.5 Å². The molecule has 0 fully saturated rings. The fourth-order valence-electron chi connectivity index (χ4n) is 3.42. The van der Waals surface area contributed by atoms with Gasteiger partial charge in [-0.15, -0.1) is 0 Å². The molecule has 0 amide bonds. The van der Waals surface area contributed by atoms with Gasteiger partial charge in [0.05, 0.1) is 13.2 Å².